The van der Waals surface area contributed by atoms with E-state index < -0.39 is 24.2 Å². The molecule has 2 aromatic carbocycles. The van der Waals surface area contributed by atoms with Crippen LogP contribution >= 0.6 is 0 Å². The van der Waals surface area contributed by atoms with Crippen molar-refractivity contribution in [2.45, 2.75) is 38.5 Å². The van der Waals surface area contributed by atoms with E-state index in [9.17, 15) is 18.0 Å². The number of para-hydroxylation sites is 1. The van der Waals surface area contributed by atoms with Gasteiger partial charge >= 0.3 is 6.18 Å². The Labute approximate surface area is 190 Å². The van der Waals surface area contributed by atoms with Crippen molar-refractivity contribution in [3.8, 4) is 17.2 Å². The molecule has 33 heavy (non-hydrogen) atoms. The number of fused-ring (bicyclic) bond motifs is 1. The number of hydrogen-bond donors (Lipinski definition) is 2. The Morgan fingerprint density at radius 1 is 1.09 bits per heavy atom. The molecule has 0 bridgehead atoms. The van der Waals surface area contributed by atoms with Gasteiger partial charge in [0.15, 0.2) is 0 Å². The van der Waals surface area contributed by atoms with Crippen LogP contribution in [0.4, 0.5) is 13.2 Å². The quantitative estimate of drug-likeness (QED) is 0.462. The first-order valence-corrected chi connectivity index (χ1v) is 10.6. The molecule has 0 aliphatic rings. The van der Waals surface area contributed by atoms with Crippen molar-refractivity contribution >= 4 is 16.8 Å². The highest BCUT2D eigenvalue weighted by atomic mass is 19.4. The number of carbonyl (C=O) groups excluding carboxylic acids is 1. The zero-order valence-corrected chi connectivity index (χ0v) is 18.4. The van der Waals surface area contributed by atoms with Crippen LogP contribution in [0.25, 0.3) is 22.0 Å². The Hall–Kier alpha value is -3.44. The summed E-state index contributed by atoms with van der Waals surface area (Å²) in [5.41, 5.74) is 2.34. The fraction of sp³-hybridized carbons (Fsp3) is 0.320. The maximum absolute atomic E-state index is 14.0. The number of nitrogens with one attached hydrogen (secondary N) is 2. The summed E-state index contributed by atoms with van der Waals surface area (Å²) < 4.78 is 42.0. The molecular weight excluding hydrogens is 429 g/mol. The zero-order chi connectivity index (χ0) is 24.0. The van der Waals surface area contributed by atoms with Gasteiger partial charge in [0.05, 0.1) is 17.6 Å². The first-order valence-electron chi connectivity index (χ1n) is 10.6. The van der Waals surface area contributed by atoms with Crippen molar-refractivity contribution in [1.29, 1.82) is 5.26 Å². The predicted octanol–water partition coefficient (Wildman–Crippen LogP) is 5.15. The molecule has 0 saturated carbocycles. The van der Waals surface area contributed by atoms with Gasteiger partial charge in [0, 0.05) is 17.1 Å². The summed E-state index contributed by atoms with van der Waals surface area (Å²) in [5, 5.41) is 14.5. The second-order valence-corrected chi connectivity index (χ2v) is 8.20. The summed E-state index contributed by atoms with van der Waals surface area (Å²) in [6.07, 6.45) is -2.74. The van der Waals surface area contributed by atoms with Crippen molar-refractivity contribution in [1.82, 2.24) is 15.6 Å². The van der Waals surface area contributed by atoms with Crippen LogP contribution < -0.4 is 10.6 Å². The third kappa shape index (κ3) is 6.08. The molecule has 0 aliphatic heterocycles. The molecule has 0 radical (unpaired) electrons. The van der Waals surface area contributed by atoms with Gasteiger partial charge in [-0.3, -0.25) is 15.1 Å². The fourth-order valence-corrected chi connectivity index (χ4v) is 3.75. The minimum atomic E-state index is -4.62. The molecule has 1 aromatic heterocycles. The van der Waals surface area contributed by atoms with E-state index in [0.29, 0.717) is 0 Å². The van der Waals surface area contributed by atoms with E-state index in [1.54, 1.807) is 24.4 Å². The molecule has 0 fully saturated rings. The number of pyridine rings is 1. The third-order valence-electron chi connectivity index (χ3n) is 5.25. The minimum Gasteiger partial charge on any atom is -0.342 e. The summed E-state index contributed by atoms with van der Waals surface area (Å²) >= 11 is 0. The van der Waals surface area contributed by atoms with Crippen LogP contribution in [-0.4, -0.2) is 29.7 Å². The van der Waals surface area contributed by atoms with Gasteiger partial charge in [-0.1, -0.05) is 62.4 Å². The lowest BCUT2D eigenvalue weighted by atomic mass is 9.97. The van der Waals surface area contributed by atoms with Crippen LogP contribution in [0.2, 0.25) is 0 Å². The Morgan fingerprint density at radius 2 is 1.79 bits per heavy atom. The first-order chi connectivity index (χ1) is 15.7. The maximum Gasteiger partial charge on any atom is 0.407 e. The smallest absolute Gasteiger partial charge is 0.342 e. The lowest BCUT2D eigenvalue weighted by Crippen LogP contribution is -2.49. The largest absolute Gasteiger partial charge is 0.407 e. The topological polar surface area (TPSA) is 77.8 Å². The Kier molecular flexibility index (Phi) is 7.67. The molecule has 5 nitrogen and oxygen atoms in total. The van der Waals surface area contributed by atoms with Crippen molar-refractivity contribution in [3.05, 3.63) is 66.4 Å². The summed E-state index contributed by atoms with van der Waals surface area (Å²) in [5.74, 6) is -0.650. The van der Waals surface area contributed by atoms with Gasteiger partial charge in [0.1, 0.15) is 12.6 Å². The number of nitriles is 1. The number of rotatable bonds is 8. The number of aromatic nitrogens is 1. The highest BCUT2D eigenvalue weighted by molar-refractivity contribution is 5.93. The number of carbonyl (C=O) groups is 1. The Morgan fingerprint density at radius 3 is 2.42 bits per heavy atom. The average molecular weight is 454 g/mol. The second kappa shape index (κ2) is 10.5. The molecule has 3 aromatic rings. The van der Waals surface area contributed by atoms with Crippen LogP contribution in [0.3, 0.4) is 0 Å². The van der Waals surface area contributed by atoms with E-state index in [0.717, 1.165) is 22.0 Å². The molecule has 172 valence electrons. The molecule has 1 unspecified atom stereocenters. The van der Waals surface area contributed by atoms with Crippen molar-refractivity contribution in [3.63, 3.8) is 0 Å². The number of amides is 1. The monoisotopic (exact) mass is 454 g/mol. The molecule has 1 heterocycles. The summed E-state index contributed by atoms with van der Waals surface area (Å²) in [6, 6.07) is 14.2. The molecular formula is C25H25F3N4O. The SMILES string of the molecule is CC(C)C[C@H](NC(c1ccc(-c2cccc3cccnc23)cc1)C(F)(F)F)C(=O)NCC#N. The fourth-order valence-electron chi connectivity index (χ4n) is 3.75. The zero-order valence-electron chi connectivity index (χ0n) is 18.4. The lowest BCUT2D eigenvalue weighted by Gasteiger charge is -2.28. The molecule has 2 N–H and O–H groups in total. The molecule has 0 spiro atoms. The highest BCUT2D eigenvalue weighted by Crippen LogP contribution is 2.35. The number of benzene rings is 2. The van der Waals surface area contributed by atoms with E-state index in [4.69, 9.17) is 5.26 Å². The summed E-state index contributed by atoms with van der Waals surface area (Å²) in [7, 11) is 0. The van der Waals surface area contributed by atoms with Gasteiger partial charge < -0.3 is 5.32 Å². The molecule has 3 rings (SSSR count). The highest BCUT2D eigenvalue weighted by Gasteiger charge is 2.42. The molecule has 8 heteroatoms. The lowest BCUT2D eigenvalue weighted by molar-refractivity contribution is -0.161. The van der Waals surface area contributed by atoms with E-state index in [-0.39, 0.29) is 24.4 Å². The number of hydrogen-bond acceptors (Lipinski definition) is 4. The predicted molar refractivity (Wildman–Crippen MR) is 121 cm³/mol. The van der Waals surface area contributed by atoms with E-state index in [2.05, 4.69) is 15.6 Å². The van der Waals surface area contributed by atoms with E-state index in [1.807, 2.05) is 44.2 Å². The average Bonchev–Trinajstić information content (AvgIpc) is 2.79. The third-order valence-corrected chi connectivity index (χ3v) is 5.25. The standard InChI is InChI=1S/C25H25F3N4O/c1-16(2)15-21(24(33)31-14-12-29)32-23(25(26,27)28)19-10-8-17(9-11-19)20-7-3-5-18-6-4-13-30-22(18)20/h3-11,13,16,21,23,32H,14-15H2,1-2H3,(H,31,33)/t21-,23?/m0/s1. The van der Waals surface area contributed by atoms with Gasteiger partial charge in [-0.25, -0.2) is 0 Å². The first kappa shape index (κ1) is 24.2. The minimum absolute atomic E-state index is 0.00119. The van der Waals surface area contributed by atoms with Crippen LogP contribution in [0, 0.1) is 17.2 Å². The number of halogens is 3. The van der Waals surface area contributed by atoms with Crippen molar-refractivity contribution in [2.24, 2.45) is 5.92 Å². The second-order valence-electron chi connectivity index (χ2n) is 8.20. The van der Waals surface area contributed by atoms with Gasteiger partial charge in [-0.2, -0.15) is 18.4 Å². The molecule has 1 amide bonds. The van der Waals surface area contributed by atoms with E-state index >= 15 is 0 Å². The molecule has 0 aliphatic carbocycles. The van der Waals surface area contributed by atoms with Gasteiger partial charge in [-0.05, 0) is 29.5 Å². The van der Waals surface area contributed by atoms with Crippen LogP contribution in [0.1, 0.15) is 31.9 Å². The number of alkyl halides is 3. The van der Waals surface area contributed by atoms with Crippen molar-refractivity contribution < 1.29 is 18.0 Å². The summed E-state index contributed by atoms with van der Waals surface area (Å²) in [6.45, 7) is 3.38. The maximum atomic E-state index is 14.0. The van der Waals surface area contributed by atoms with Gasteiger partial charge in [-0.15, -0.1) is 0 Å². The van der Waals surface area contributed by atoms with Crippen molar-refractivity contribution in [2.75, 3.05) is 6.54 Å². The van der Waals surface area contributed by atoms with Crippen LogP contribution in [0.15, 0.2) is 60.8 Å². The van der Waals surface area contributed by atoms with Crippen LogP contribution in [0.5, 0.6) is 0 Å². The van der Waals surface area contributed by atoms with Gasteiger partial charge in [0.25, 0.3) is 0 Å². The molecule has 0 saturated heterocycles. The van der Waals surface area contributed by atoms with Crippen LogP contribution in [-0.2, 0) is 4.79 Å². The Balaban J connectivity index is 1.91. The van der Waals surface area contributed by atoms with E-state index in [1.165, 1.54) is 12.1 Å². The van der Waals surface area contributed by atoms with Gasteiger partial charge in [0.2, 0.25) is 5.91 Å². The summed E-state index contributed by atoms with van der Waals surface area (Å²) in [4.78, 5) is 16.8. The Bertz CT molecular complexity index is 1130. The number of nitrogens with zero attached hydrogens (tertiary/aromatic N) is 2. The normalized spacial score (nSPS) is 13.5. The molecule has 2 atom stereocenters.